The first-order valence-electron chi connectivity index (χ1n) is 6.80. The Morgan fingerprint density at radius 2 is 1.91 bits per heavy atom. The molecule has 0 aromatic carbocycles. The van der Waals surface area contributed by atoms with E-state index in [-0.39, 0.29) is 36.7 Å². The maximum Gasteiger partial charge on any atom is 0.435 e. The van der Waals surface area contributed by atoms with Crippen molar-refractivity contribution in [2.75, 3.05) is 31.6 Å². The smallest absolute Gasteiger partial charge is 0.323 e. The van der Waals surface area contributed by atoms with E-state index in [4.69, 9.17) is 0 Å². The SMILES string of the molecule is CN(Cc1cn(C)nc1C(F)(F)F)C(=O)N1CCS(=O)(=O)CC1. The van der Waals surface area contributed by atoms with E-state index in [2.05, 4.69) is 5.10 Å². The second kappa shape index (κ2) is 6.02. The molecule has 7 nitrogen and oxygen atoms in total. The summed E-state index contributed by atoms with van der Waals surface area (Å²) in [6, 6.07) is -0.503. The molecule has 11 heteroatoms. The number of nitrogens with zero attached hydrogens (tertiary/aromatic N) is 4. The predicted octanol–water partition coefficient (Wildman–Crippen LogP) is 0.721. The first-order chi connectivity index (χ1) is 10.5. The number of amides is 2. The number of rotatable bonds is 2. The van der Waals surface area contributed by atoms with Gasteiger partial charge >= 0.3 is 12.2 Å². The molecule has 0 N–H and O–H groups in total. The van der Waals surface area contributed by atoms with Crippen molar-refractivity contribution in [3.63, 3.8) is 0 Å². The number of carbonyl (C=O) groups excluding carboxylic acids is 1. The van der Waals surface area contributed by atoms with Crippen LogP contribution in [-0.2, 0) is 29.6 Å². The summed E-state index contributed by atoms with van der Waals surface area (Å²) in [6.07, 6.45) is -3.38. The van der Waals surface area contributed by atoms with Gasteiger partial charge in [0.15, 0.2) is 15.5 Å². The average molecular weight is 354 g/mol. The van der Waals surface area contributed by atoms with Gasteiger partial charge < -0.3 is 9.80 Å². The molecule has 0 atom stereocenters. The number of carbonyl (C=O) groups is 1. The van der Waals surface area contributed by atoms with Gasteiger partial charge in [0.2, 0.25) is 0 Å². The minimum atomic E-state index is -4.60. The van der Waals surface area contributed by atoms with Gasteiger partial charge in [0.25, 0.3) is 0 Å². The lowest BCUT2D eigenvalue weighted by Crippen LogP contribution is -2.48. The number of halogens is 3. The summed E-state index contributed by atoms with van der Waals surface area (Å²) < 4.78 is 62.4. The Kier molecular flexibility index (Phi) is 4.60. The van der Waals surface area contributed by atoms with Crippen molar-refractivity contribution in [1.29, 1.82) is 0 Å². The van der Waals surface area contributed by atoms with Crippen LogP contribution in [0.3, 0.4) is 0 Å². The van der Waals surface area contributed by atoms with Crippen LogP contribution in [0.2, 0.25) is 0 Å². The highest BCUT2D eigenvalue weighted by atomic mass is 32.2. The van der Waals surface area contributed by atoms with Crippen molar-refractivity contribution >= 4 is 15.9 Å². The highest BCUT2D eigenvalue weighted by molar-refractivity contribution is 7.91. The third-order valence-electron chi connectivity index (χ3n) is 3.52. The van der Waals surface area contributed by atoms with E-state index in [1.54, 1.807) is 0 Å². The summed E-state index contributed by atoms with van der Waals surface area (Å²) in [5.74, 6) is -0.263. The molecule has 0 aliphatic carbocycles. The van der Waals surface area contributed by atoms with Crippen molar-refractivity contribution in [3.8, 4) is 0 Å². The van der Waals surface area contributed by atoms with Crippen LogP contribution in [0.4, 0.5) is 18.0 Å². The molecular weight excluding hydrogens is 337 g/mol. The number of urea groups is 1. The molecule has 2 heterocycles. The lowest BCUT2D eigenvalue weighted by atomic mass is 10.2. The fourth-order valence-electron chi connectivity index (χ4n) is 2.36. The second-order valence-corrected chi connectivity index (χ2v) is 7.76. The maximum absolute atomic E-state index is 12.9. The Morgan fingerprint density at radius 1 is 1.35 bits per heavy atom. The van der Waals surface area contributed by atoms with E-state index in [0.717, 1.165) is 9.58 Å². The zero-order valence-electron chi connectivity index (χ0n) is 12.7. The number of aromatic nitrogens is 2. The van der Waals surface area contributed by atoms with E-state index in [0.29, 0.717) is 0 Å². The van der Waals surface area contributed by atoms with E-state index in [1.165, 1.54) is 25.2 Å². The molecule has 0 spiro atoms. The predicted molar refractivity (Wildman–Crippen MR) is 75.3 cm³/mol. The van der Waals surface area contributed by atoms with Crippen molar-refractivity contribution in [2.24, 2.45) is 7.05 Å². The third kappa shape index (κ3) is 4.15. The molecule has 1 saturated heterocycles. The summed E-state index contributed by atoms with van der Waals surface area (Å²) in [5.41, 5.74) is -1.14. The lowest BCUT2D eigenvalue weighted by Gasteiger charge is -2.30. The molecule has 0 unspecified atom stereocenters. The highest BCUT2D eigenvalue weighted by Gasteiger charge is 2.37. The molecule has 1 fully saturated rings. The molecule has 1 aliphatic rings. The number of hydrogen-bond acceptors (Lipinski definition) is 4. The first kappa shape index (κ1) is 17.6. The van der Waals surface area contributed by atoms with Crippen molar-refractivity contribution in [3.05, 3.63) is 17.5 Å². The lowest BCUT2D eigenvalue weighted by molar-refractivity contribution is -0.142. The number of alkyl halides is 3. The van der Waals surface area contributed by atoms with Crippen LogP contribution in [-0.4, -0.2) is 65.7 Å². The van der Waals surface area contributed by atoms with E-state index >= 15 is 0 Å². The van der Waals surface area contributed by atoms with Gasteiger partial charge in [-0.05, 0) is 0 Å². The van der Waals surface area contributed by atoms with E-state index in [9.17, 15) is 26.4 Å². The standard InChI is InChI=1S/C12H17F3N4O3S/c1-17(11(20)19-3-5-23(21,22)6-4-19)7-9-8-18(2)16-10(9)12(13,14)15/h8H,3-7H2,1-2H3. The number of hydrogen-bond donors (Lipinski definition) is 0. The van der Waals surface area contributed by atoms with Gasteiger partial charge in [-0.2, -0.15) is 18.3 Å². The topological polar surface area (TPSA) is 75.5 Å². The molecule has 2 amide bonds. The molecule has 0 bridgehead atoms. The number of aryl methyl sites for hydroxylation is 1. The highest BCUT2D eigenvalue weighted by Crippen LogP contribution is 2.31. The van der Waals surface area contributed by atoms with Crippen LogP contribution in [0, 0.1) is 0 Å². The van der Waals surface area contributed by atoms with Crippen LogP contribution in [0.15, 0.2) is 6.20 Å². The fraction of sp³-hybridized carbons (Fsp3) is 0.667. The van der Waals surface area contributed by atoms with Crippen LogP contribution < -0.4 is 0 Å². The largest absolute Gasteiger partial charge is 0.435 e. The van der Waals surface area contributed by atoms with Crippen LogP contribution in [0.5, 0.6) is 0 Å². The normalized spacial score (nSPS) is 18.0. The zero-order chi connectivity index (χ0) is 17.4. The Bertz CT molecular complexity index is 685. The minimum Gasteiger partial charge on any atom is -0.323 e. The average Bonchev–Trinajstić information content (AvgIpc) is 2.79. The van der Waals surface area contributed by atoms with Crippen LogP contribution in [0.1, 0.15) is 11.3 Å². The first-order valence-corrected chi connectivity index (χ1v) is 8.62. The summed E-state index contributed by atoms with van der Waals surface area (Å²) in [5, 5.41) is 3.39. The van der Waals surface area contributed by atoms with Crippen molar-refractivity contribution in [1.82, 2.24) is 19.6 Å². The minimum absolute atomic E-state index is 0.0463. The maximum atomic E-state index is 12.9. The fourth-order valence-corrected chi connectivity index (χ4v) is 3.56. The van der Waals surface area contributed by atoms with Crippen LogP contribution >= 0.6 is 0 Å². The molecular formula is C12H17F3N4O3S. The molecule has 0 saturated carbocycles. The summed E-state index contributed by atoms with van der Waals surface area (Å²) >= 11 is 0. The van der Waals surface area contributed by atoms with E-state index < -0.39 is 27.7 Å². The second-order valence-electron chi connectivity index (χ2n) is 5.45. The van der Waals surface area contributed by atoms with E-state index in [1.807, 2.05) is 0 Å². The zero-order valence-corrected chi connectivity index (χ0v) is 13.5. The molecule has 130 valence electrons. The molecule has 1 aromatic rings. The Labute approximate surface area is 131 Å². The molecule has 2 rings (SSSR count). The van der Waals surface area contributed by atoms with Gasteiger partial charge in [0, 0.05) is 38.9 Å². The molecule has 23 heavy (non-hydrogen) atoms. The van der Waals surface area contributed by atoms with Crippen molar-refractivity contribution < 1.29 is 26.4 Å². The summed E-state index contributed by atoms with van der Waals surface area (Å²) in [7, 11) is -0.386. The molecule has 1 aromatic heterocycles. The van der Waals surface area contributed by atoms with Gasteiger partial charge in [0.05, 0.1) is 18.1 Å². The monoisotopic (exact) mass is 354 g/mol. The van der Waals surface area contributed by atoms with Crippen LogP contribution in [0.25, 0.3) is 0 Å². The van der Waals surface area contributed by atoms with Gasteiger partial charge in [-0.3, -0.25) is 4.68 Å². The summed E-state index contributed by atoms with van der Waals surface area (Å²) in [4.78, 5) is 14.7. The molecule has 1 aliphatic heterocycles. The Hall–Kier alpha value is -1.78. The van der Waals surface area contributed by atoms with Gasteiger partial charge in [0.1, 0.15) is 0 Å². The Balaban J connectivity index is 2.08. The van der Waals surface area contributed by atoms with Gasteiger partial charge in [-0.25, -0.2) is 13.2 Å². The summed E-state index contributed by atoms with van der Waals surface area (Å²) in [6.45, 7) is -0.167. The quantitative estimate of drug-likeness (QED) is 0.784. The third-order valence-corrected chi connectivity index (χ3v) is 5.13. The number of sulfone groups is 1. The van der Waals surface area contributed by atoms with Gasteiger partial charge in [-0.15, -0.1) is 0 Å². The molecule has 0 radical (unpaired) electrons. The van der Waals surface area contributed by atoms with Crippen molar-refractivity contribution in [2.45, 2.75) is 12.7 Å². The van der Waals surface area contributed by atoms with Gasteiger partial charge in [-0.1, -0.05) is 0 Å². The Morgan fingerprint density at radius 3 is 2.43 bits per heavy atom.